The predicted molar refractivity (Wildman–Crippen MR) is 77.9 cm³/mol. The van der Waals surface area contributed by atoms with Gasteiger partial charge in [-0.25, -0.2) is 4.79 Å². The van der Waals surface area contributed by atoms with Crippen molar-refractivity contribution in [1.82, 2.24) is 5.32 Å². The average Bonchev–Trinajstić information content (AvgIpc) is 2.52. The molecule has 2 rings (SSSR count). The number of aliphatic hydroxyl groups is 1. The highest BCUT2D eigenvalue weighted by Gasteiger charge is 2.34. The van der Waals surface area contributed by atoms with Gasteiger partial charge in [-0.3, -0.25) is 9.59 Å². The number of carbonyl (C=O) groups is 3. The molecule has 0 saturated heterocycles. The molecule has 0 spiro atoms. The van der Waals surface area contributed by atoms with Crippen molar-refractivity contribution in [3.8, 4) is 0 Å². The fraction of sp³-hybridized carbons (Fsp3) is 0.438. The van der Waals surface area contributed by atoms with E-state index >= 15 is 0 Å². The third-order valence-corrected chi connectivity index (χ3v) is 3.92. The lowest BCUT2D eigenvalue weighted by atomic mass is 9.83. The molecule has 1 fully saturated rings. The molecule has 0 heterocycles. The molecule has 118 valence electrons. The number of amides is 1. The number of aliphatic hydroxyl groups excluding tert-OH is 1. The monoisotopic (exact) mass is 305 g/mol. The first kappa shape index (κ1) is 16.2. The highest BCUT2D eigenvalue weighted by Crippen LogP contribution is 2.25. The largest absolute Gasteiger partial charge is 0.480 e. The van der Waals surface area contributed by atoms with Crippen LogP contribution in [0.2, 0.25) is 0 Å². The number of hydrogen-bond donors (Lipinski definition) is 3. The second kappa shape index (κ2) is 7.17. The van der Waals surface area contributed by atoms with Crippen molar-refractivity contribution >= 4 is 17.7 Å². The van der Waals surface area contributed by atoms with Crippen molar-refractivity contribution in [2.75, 3.05) is 0 Å². The maximum absolute atomic E-state index is 12.1. The highest BCUT2D eigenvalue weighted by atomic mass is 16.4. The topological polar surface area (TPSA) is 104 Å². The first-order chi connectivity index (χ1) is 10.5. The zero-order chi connectivity index (χ0) is 16.1. The Morgan fingerprint density at radius 3 is 2.50 bits per heavy atom. The summed E-state index contributed by atoms with van der Waals surface area (Å²) < 4.78 is 0. The summed E-state index contributed by atoms with van der Waals surface area (Å²) >= 11 is 0. The van der Waals surface area contributed by atoms with Crippen molar-refractivity contribution in [3.63, 3.8) is 0 Å². The van der Waals surface area contributed by atoms with Crippen molar-refractivity contribution in [2.45, 2.75) is 37.8 Å². The molecule has 1 aromatic rings. The molecule has 3 N–H and O–H groups in total. The predicted octanol–water partition coefficient (Wildman–Crippen LogP) is 1.05. The molecular weight excluding hydrogens is 286 g/mol. The maximum atomic E-state index is 12.1. The normalized spacial score (nSPS) is 21.0. The summed E-state index contributed by atoms with van der Waals surface area (Å²) in [5.41, 5.74) is 0.392. The summed E-state index contributed by atoms with van der Waals surface area (Å²) in [5.74, 6) is -2.36. The lowest BCUT2D eigenvalue weighted by molar-refractivity contribution is -0.146. The van der Waals surface area contributed by atoms with Crippen molar-refractivity contribution in [3.05, 3.63) is 35.9 Å². The number of rotatable bonds is 5. The molecule has 1 amide bonds. The van der Waals surface area contributed by atoms with Gasteiger partial charge in [0, 0.05) is 12.8 Å². The number of aliphatic carboxylic acids is 1. The number of Topliss-reactive ketones (excluding diaryl/α,β-unsaturated/α-hetero) is 1. The molecule has 0 aromatic heterocycles. The highest BCUT2D eigenvalue weighted by molar-refractivity contribution is 5.88. The summed E-state index contributed by atoms with van der Waals surface area (Å²) in [7, 11) is 0. The Kier molecular flexibility index (Phi) is 5.27. The van der Waals surface area contributed by atoms with Crippen LogP contribution in [0, 0.1) is 5.92 Å². The third kappa shape index (κ3) is 3.92. The van der Waals surface area contributed by atoms with E-state index in [4.69, 9.17) is 0 Å². The van der Waals surface area contributed by atoms with Crippen LogP contribution in [0.25, 0.3) is 0 Å². The van der Waals surface area contributed by atoms with Crippen LogP contribution in [0.5, 0.6) is 0 Å². The lowest BCUT2D eigenvalue weighted by Crippen LogP contribution is -2.48. The molecule has 3 atom stereocenters. The van der Waals surface area contributed by atoms with Gasteiger partial charge in [-0.15, -0.1) is 0 Å². The number of benzene rings is 1. The van der Waals surface area contributed by atoms with E-state index in [-0.39, 0.29) is 12.2 Å². The van der Waals surface area contributed by atoms with E-state index in [1.54, 1.807) is 30.3 Å². The van der Waals surface area contributed by atoms with Crippen LogP contribution < -0.4 is 5.32 Å². The Morgan fingerprint density at radius 2 is 1.91 bits per heavy atom. The number of hydrogen-bond acceptors (Lipinski definition) is 4. The first-order valence-electron chi connectivity index (χ1n) is 7.27. The summed E-state index contributed by atoms with van der Waals surface area (Å²) in [6.45, 7) is 0. The zero-order valence-corrected chi connectivity index (χ0v) is 12.1. The summed E-state index contributed by atoms with van der Waals surface area (Å²) in [6, 6.07) is 7.13. The van der Waals surface area contributed by atoms with Crippen LogP contribution in [0.4, 0.5) is 0 Å². The van der Waals surface area contributed by atoms with Gasteiger partial charge < -0.3 is 15.5 Å². The molecule has 1 saturated carbocycles. The minimum absolute atomic E-state index is 0.0142. The second-order valence-electron chi connectivity index (χ2n) is 5.53. The van der Waals surface area contributed by atoms with Crippen LogP contribution in [0.3, 0.4) is 0 Å². The van der Waals surface area contributed by atoms with Crippen LogP contribution in [-0.2, 0) is 14.4 Å². The van der Waals surface area contributed by atoms with Gasteiger partial charge in [0.2, 0.25) is 0 Å². The number of nitrogens with one attached hydrogen (secondary N) is 1. The van der Waals surface area contributed by atoms with E-state index in [1.807, 2.05) is 0 Å². The van der Waals surface area contributed by atoms with E-state index in [9.17, 15) is 24.6 Å². The lowest BCUT2D eigenvalue weighted by Gasteiger charge is -2.28. The second-order valence-corrected chi connectivity index (χ2v) is 5.53. The SMILES string of the molecule is O=C1CCC[C@@H]([C@H](NC(=O)[C@@H](O)c2ccccc2)C(=O)O)C1. The fourth-order valence-electron chi connectivity index (χ4n) is 2.74. The van der Waals surface area contributed by atoms with Crippen molar-refractivity contribution in [2.24, 2.45) is 5.92 Å². The van der Waals surface area contributed by atoms with Crippen LogP contribution in [-0.4, -0.2) is 33.9 Å². The Bertz CT molecular complexity index is 557. The standard InChI is InChI=1S/C16H19NO5/c18-12-8-4-7-11(9-12)13(16(21)22)17-15(20)14(19)10-5-2-1-3-6-10/h1-3,5-6,11,13-14,19H,4,7-9H2,(H,17,20)(H,21,22)/t11-,13+,14+/m1/s1. The Balaban J connectivity index is 2.06. The molecular formula is C16H19NO5. The van der Waals surface area contributed by atoms with Gasteiger partial charge in [-0.2, -0.15) is 0 Å². The average molecular weight is 305 g/mol. The molecule has 6 nitrogen and oxygen atoms in total. The molecule has 6 heteroatoms. The van der Waals surface area contributed by atoms with Crippen LogP contribution >= 0.6 is 0 Å². The fourth-order valence-corrected chi connectivity index (χ4v) is 2.74. The molecule has 1 aliphatic carbocycles. The van der Waals surface area contributed by atoms with Gasteiger partial charge in [-0.1, -0.05) is 30.3 Å². The minimum Gasteiger partial charge on any atom is -0.480 e. The Morgan fingerprint density at radius 1 is 1.23 bits per heavy atom. The molecule has 0 bridgehead atoms. The van der Waals surface area contributed by atoms with E-state index in [0.717, 1.165) is 0 Å². The van der Waals surface area contributed by atoms with Gasteiger partial charge >= 0.3 is 5.97 Å². The molecule has 22 heavy (non-hydrogen) atoms. The van der Waals surface area contributed by atoms with Crippen molar-refractivity contribution < 1.29 is 24.6 Å². The summed E-state index contributed by atoms with van der Waals surface area (Å²) in [4.78, 5) is 35.0. The van der Waals surface area contributed by atoms with Crippen LogP contribution in [0.1, 0.15) is 37.4 Å². The van der Waals surface area contributed by atoms with E-state index in [0.29, 0.717) is 24.8 Å². The minimum atomic E-state index is -1.43. The summed E-state index contributed by atoms with van der Waals surface area (Å²) in [5, 5.41) is 21.7. The molecule has 0 radical (unpaired) electrons. The molecule has 1 aromatic carbocycles. The number of carboxylic acid groups (broad SMARTS) is 1. The zero-order valence-electron chi connectivity index (χ0n) is 12.1. The third-order valence-electron chi connectivity index (χ3n) is 3.92. The van der Waals surface area contributed by atoms with Crippen LogP contribution in [0.15, 0.2) is 30.3 Å². The van der Waals surface area contributed by atoms with Gasteiger partial charge in [0.25, 0.3) is 5.91 Å². The molecule has 1 aliphatic rings. The van der Waals surface area contributed by atoms with Gasteiger partial charge in [-0.05, 0) is 24.3 Å². The van der Waals surface area contributed by atoms with E-state index in [1.165, 1.54) is 0 Å². The van der Waals surface area contributed by atoms with Gasteiger partial charge in [0.1, 0.15) is 11.8 Å². The molecule has 0 aliphatic heterocycles. The van der Waals surface area contributed by atoms with Gasteiger partial charge in [0.05, 0.1) is 0 Å². The Hall–Kier alpha value is -2.21. The number of carboxylic acids is 1. The van der Waals surface area contributed by atoms with Crippen molar-refractivity contribution in [1.29, 1.82) is 0 Å². The molecule has 0 unspecified atom stereocenters. The first-order valence-corrected chi connectivity index (χ1v) is 7.27. The smallest absolute Gasteiger partial charge is 0.326 e. The maximum Gasteiger partial charge on any atom is 0.326 e. The summed E-state index contributed by atoms with van der Waals surface area (Å²) in [6.07, 6.45) is 0.388. The number of carbonyl (C=O) groups excluding carboxylic acids is 2. The quantitative estimate of drug-likeness (QED) is 0.754. The van der Waals surface area contributed by atoms with E-state index in [2.05, 4.69) is 5.32 Å². The van der Waals surface area contributed by atoms with E-state index < -0.39 is 29.9 Å². The van der Waals surface area contributed by atoms with Gasteiger partial charge in [0.15, 0.2) is 6.10 Å². The number of ketones is 1. The Labute approximate surface area is 128 Å².